The molecule has 4 aliphatic heterocycles. The highest BCUT2D eigenvalue weighted by Gasteiger charge is 2.09. The number of aliphatic imine (C=N–C) groups is 4. The van der Waals surface area contributed by atoms with Crippen molar-refractivity contribution in [3.8, 4) is 0 Å². The number of carbonyl (C=O) groups excluding carboxylic acids is 1. The maximum Gasteiger partial charge on any atom is 0.270 e. The van der Waals surface area contributed by atoms with E-state index in [1.54, 1.807) is 18.4 Å². The zero-order chi connectivity index (χ0) is 16.4. The lowest BCUT2D eigenvalue weighted by Crippen LogP contribution is -1.88. The first-order valence-corrected chi connectivity index (χ1v) is 7.45. The van der Waals surface area contributed by atoms with Crippen molar-refractivity contribution in [3.63, 3.8) is 0 Å². The lowest BCUT2D eigenvalue weighted by Gasteiger charge is -1.92. The van der Waals surface area contributed by atoms with Gasteiger partial charge in [0, 0.05) is 12.3 Å². The fourth-order valence-corrected chi connectivity index (χ4v) is 2.40. The number of allylic oxidation sites excluding steroid dienone is 10. The molecule has 5 heteroatoms. The van der Waals surface area contributed by atoms with Gasteiger partial charge in [-0.15, -0.1) is 0 Å². The van der Waals surface area contributed by atoms with Crippen LogP contribution >= 0.6 is 0 Å². The normalized spacial score (nSPS) is 25.8. The second-order valence-electron chi connectivity index (χ2n) is 5.29. The summed E-state index contributed by atoms with van der Waals surface area (Å²) < 4.78 is 0. The van der Waals surface area contributed by atoms with E-state index in [-0.39, 0.29) is 5.91 Å². The summed E-state index contributed by atoms with van der Waals surface area (Å²) in [7, 11) is 0. The standard InChI is InChI=1S/C19H12N4O/c24-19-8-7-18(23-19)12-17-6-5-16(22-17)11-15-4-3-14(21-15)10-13-2-1-9-20-13/h1-12H. The van der Waals surface area contributed by atoms with Crippen molar-refractivity contribution in [1.82, 2.24) is 0 Å². The molecule has 0 saturated carbocycles. The van der Waals surface area contributed by atoms with Crippen molar-refractivity contribution < 1.29 is 4.79 Å². The SMILES string of the molecule is O=C1C=CC(C=C2C=CC(C=C3C=CC(C=C4C=CC=N4)=N3)=N2)=N1. The smallest absolute Gasteiger partial charge is 0.267 e. The number of nitrogens with zero attached hydrogens (tertiary/aromatic N) is 4. The fraction of sp³-hybridized carbons (Fsp3) is 0. The van der Waals surface area contributed by atoms with Gasteiger partial charge in [0.2, 0.25) is 0 Å². The minimum absolute atomic E-state index is 0.233. The second kappa shape index (κ2) is 5.96. The van der Waals surface area contributed by atoms with Crippen molar-refractivity contribution in [1.29, 1.82) is 0 Å². The topological polar surface area (TPSA) is 66.5 Å². The Morgan fingerprint density at radius 1 is 0.625 bits per heavy atom. The van der Waals surface area contributed by atoms with E-state index in [1.165, 1.54) is 6.08 Å². The van der Waals surface area contributed by atoms with Crippen molar-refractivity contribution in [2.24, 2.45) is 20.0 Å². The Hall–Kier alpha value is -3.47. The molecule has 4 aliphatic rings. The van der Waals surface area contributed by atoms with Crippen molar-refractivity contribution in [3.05, 3.63) is 83.9 Å². The van der Waals surface area contributed by atoms with E-state index in [0.717, 1.165) is 28.5 Å². The zero-order valence-electron chi connectivity index (χ0n) is 12.6. The molecule has 0 aliphatic carbocycles. The monoisotopic (exact) mass is 312 g/mol. The Kier molecular flexibility index (Phi) is 3.51. The van der Waals surface area contributed by atoms with Crippen LogP contribution in [0.5, 0.6) is 0 Å². The molecule has 0 aromatic heterocycles. The highest BCUT2D eigenvalue weighted by molar-refractivity contribution is 6.19. The van der Waals surface area contributed by atoms with Gasteiger partial charge in [-0.05, 0) is 60.8 Å². The third kappa shape index (κ3) is 3.15. The summed E-state index contributed by atoms with van der Waals surface area (Å²) >= 11 is 0. The molecular formula is C19H12N4O. The predicted octanol–water partition coefficient (Wildman–Crippen LogP) is 2.84. The van der Waals surface area contributed by atoms with Gasteiger partial charge >= 0.3 is 0 Å². The molecule has 0 N–H and O–H groups in total. The summed E-state index contributed by atoms with van der Waals surface area (Å²) in [5.41, 5.74) is 4.79. The molecule has 4 rings (SSSR count). The van der Waals surface area contributed by atoms with Gasteiger partial charge in [0.1, 0.15) is 0 Å². The van der Waals surface area contributed by atoms with Crippen molar-refractivity contribution in [2.45, 2.75) is 0 Å². The quantitative estimate of drug-likeness (QED) is 0.790. The summed E-state index contributed by atoms with van der Waals surface area (Å²) in [6.45, 7) is 0. The first-order valence-electron chi connectivity index (χ1n) is 7.45. The zero-order valence-corrected chi connectivity index (χ0v) is 12.6. The minimum atomic E-state index is -0.233. The van der Waals surface area contributed by atoms with Crippen LogP contribution in [0.25, 0.3) is 0 Å². The number of carbonyl (C=O) groups is 1. The second-order valence-corrected chi connectivity index (χ2v) is 5.29. The highest BCUT2D eigenvalue weighted by Crippen LogP contribution is 2.16. The van der Waals surface area contributed by atoms with Crippen LogP contribution in [0.15, 0.2) is 104 Å². The fourth-order valence-electron chi connectivity index (χ4n) is 2.40. The third-order valence-electron chi connectivity index (χ3n) is 3.47. The number of hydrogen-bond donors (Lipinski definition) is 0. The van der Waals surface area contributed by atoms with Crippen molar-refractivity contribution >= 4 is 29.3 Å². The molecule has 0 aromatic carbocycles. The van der Waals surface area contributed by atoms with Gasteiger partial charge < -0.3 is 0 Å². The predicted molar refractivity (Wildman–Crippen MR) is 96.6 cm³/mol. The summed E-state index contributed by atoms with van der Waals surface area (Å²) in [4.78, 5) is 28.1. The van der Waals surface area contributed by atoms with E-state index >= 15 is 0 Å². The molecule has 5 nitrogen and oxygen atoms in total. The molecule has 0 spiro atoms. The molecule has 0 saturated heterocycles. The van der Waals surface area contributed by atoms with E-state index in [1.807, 2.05) is 48.6 Å². The van der Waals surface area contributed by atoms with E-state index in [9.17, 15) is 4.79 Å². The lowest BCUT2D eigenvalue weighted by atomic mass is 10.2. The number of hydrogen-bond acceptors (Lipinski definition) is 4. The Bertz CT molecular complexity index is 943. The van der Waals surface area contributed by atoms with Crippen molar-refractivity contribution in [2.75, 3.05) is 0 Å². The number of rotatable bonds is 3. The van der Waals surface area contributed by atoms with Crippen LogP contribution < -0.4 is 0 Å². The van der Waals surface area contributed by atoms with Gasteiger partial charge in [-0.3, -0.25) is 9.79 Å². The molecule has 114 valence electrons. The highest BCUT2D eigenvalue weighted by atomic mass is 16.1. The minimum Gasteiger partial charge on any atom is -0.267 e. The molecule has 0 aromatic rings. The lowest BCUT2D eigenvalue weighted by molar-refractivity contribution is -0.113. The molecule has 24 heavy (non-hydrogen) atoms. The van der Waals surface area contributed by atoms with E-state index < -0.39 is 0 Å². The first kappa shape index (κ1) is 14.1. The van der Waals surface area contributed by atoms with Crippen LogP contribution in [0.2, 0.25) is 0 Å². The summed E-state index contributed by atoms with van der Waals surface area (Å²) in [6, 6.07) is 0. The van der Waals surface area contributed by atoms with Gasteiger partial charge in [-0.2, -0.15) is 0 Å². The average molecular weight is 312 g/mol. The van der Waals surface area contributed by atoms with Crippen LogP contribution in [0, 0.1) is 0 Å². The van der Waals surface area contributed by atoms with Gasteiger partial charge in [-0.25, -0.2) is 15.0 Å². The van der Waals surface area contributed by atoms with E-state index in [4.69, 9.17) is 0 Å². The van der Waals surface area contributed by atoms with Gasteiger partial charge in [0.15, 0.2) is 0 Å². The Morgan fingerprint density at radius 3 is 1.75 bits per heavy atom. The Balaban J connectivity index is 1.50. The maximum absolute atomic E-state index is 11.1. The van der Waals surface area contributed by atoms with Gasteiger partial charge in [-0.1, -0.05) is 0 Å². The van der Waals surface area contributed by atoms with Crippen LogP contribution in [0.1, 0.15) is 0 Å². The van der Waals surface area contributed by atoms with E-state index in [2.05, 4.69) is 20.0 Å². The Morgan fingerprint density at radius 2 is 1.21 bits per heavy atom. The largest absolute Gasteiger partial charge is 0.270 e. The molecule has 0 unspecified atom stereocenters. The summed E-state index contributed by atoms with van der Waals surface area (Å²) in [5.74, 6) is -0.233. The molecule has 1 amide bonds. The molecule has 0 bridgehead atoms. The number of amides is 1. The van der Waals surface area contributed by atoms with E-state index in [0.29, 0.717) is 5.71 Å². The van der Waals surface area contributed by atoms with Crippen LogP contribution in [-0.4, -0.2) is 29.3 Å². The first-order chi connectivity index (χ1) is 11.7. The maximum atomic E-state index is 11.1. The molecule has 4 heterocycles. The van der Waals surface area contributed by atoms with Crippen LogP contribution in [-0.2, 0) is 4.79 Å². The molecule has 0 fully saturated rings. The molecule has 0 atom stereocenters. The Labute approximate surface area is 138 Å². The summed E-state index contributed by atoms with van der Waals surface area (Å²) in [5, 5.41) is 0. The summed E-state index contributed by atoms with van der Waals surface area (Å²) in [6.07, 6.45) is 22.0. The third-order valence-corrected chi connectivity index (χ3v) is 3.47. The average Bonchev–Trinajstić information content (AvgIpc) is 3.32. The van der Waals surface area contributed by atoms with Crippen LogP contribution in [0.4, 0.5) is 0 Å². The molecular weight excluding hydrogens is 300 g/mol. The molecule has 0 radical (unpaired) electrons. The van der Waals surface area contributed by atoms with Gasteiger partial charge in [0.05, 0.1) is 34.2 Å². The van der Waals surface area contributed by atoms with Crippen LogP contribution in [0.3, 0.4) is 0 Å². The van der Waals surface area contributed by atoms with Gasteiger partial charge in [0.25, 0.3) is 5.91 Å².